The fourth-order valence-corrected chi connectivity index (χ4v) is 3.01. The van der Waals surface area contributed by atoms with Crippen molar-refractivity contribution in [3.63, 3.8) is 0 Å². The van der Waals surface area contributed by atoms with Gasteiger partial charge in [0.1, 0.15) is 0 Å². The van der Waals surface area contributed by atoms with Gasteiger partial charge in [-0.1, -0.05) is 13.8 Å². The first-order chi connectivity index (χ1) is 11.4. The van der Waals surface area contributed by atoms with Crippen molar-refractivity contribution in [3.8, 4) is 0 Å². The molecule has 3 amide bonds. The monoisotopic (exact) mass is 335 g/mol. The predicted octanol–water partition coefficient (Wildman–Crippen LogP) is 2.43. The van der Waals surface area contributed by atoms with Crippen LogP contribution < -0.4 is 10.6 Å². The third-order valence-electron chi connectivity index (χ3n) is 4.33. The second kappa shape index (κ2) is 8.17. The Morgan fingerprint density at radius 3 is 2.75 bits per heavy atom. The molecule has 7 nitrogen and oxygen atoms in total. The van der Waals surface area contributed by atoms with E-state index in [4.69, 9.17) is 0 Å². The van der Waals surface area contributed by atoms with Crippen LogP contribution in [0.2, 0.25) is 0 Å². The number of aryl methyl sites for hydroxylation is 2. The zero-order valence-corrected chi connectivity index (χ0v) is 15.1. The number of rotatable bonds is 5. The SMILES string of the molecule is Cc1n[nH]c(C)c1NC(=O)C[C@H]1CCCN(C(=O)NCC(C)C)C1. The highest BCUT2D eigenvalue weighted by molar-refractivity contribution is 5.92. The molecule has 1 aromatic rings. The molecule has 1 atom stereocenters. The van der Waals surface area contributed by atoms with Crippen molar-refractivity contribution in [2.24, 2.45) is 11.8 Å². The number of carbonyl (C=O) groups is 2. The molecular formula is C17H29N5O2. The number of likely N-dealkylation sites (tertiary alicyclic amines) is 1. The average Bonchev–Trinajstić information content (AvgIpc) is 2.84. The number of H-pyrrole nitrogens is 1. The first-order valence-electron chi connectivity index (χ1n) is 8.71. The average molecular weight is 335 g/mol. The van der Waals surface area contributed by atoms with Crippen LogP contribution in [-0.4, -0.2) is 46.7 Å². The van der Waals surface area contributed by atoms with Gasteiger partial charge in [-0.2, -0.15) is 5.10 Å². The van der Waals surface area contributed by atoms with Crippen LogP contribution >= 0.6 is 0 Å². The van der Waals surface area contributed by atoms with Crippen molar-refractivity contribution >= 4 is 17.6 Å². The number of urea groups is 1. The van der Waals surface area contributed by atoms with Gasteiger partial charge in [0, 0.05) is 26.1 Å². The number of nitrogens with zero attached hydrogens (tertiary/aromatic N) is 2. The molecule has 2 heterocycles. The summed E-state index contributed by atoms with van der Waals surface area (Å²) in [6, 6.07) is -0.0182. The van der Waals surface area contributed by atoms with Crippen molar-refractivity contribution in [2.45, 2.75) is 47.0 Å². The Balaban J connectivity index is 1.84. The summed E-state index contributed by atoms with van der Waals surface area (Å²) in [5.74, 6) is 0.620. The number of amides is 3. The molecule has 1 aromatic heterocycles. The van der Waals surface area contributed by atoms with Gasteiger partial charge in [-0.05, 0) is 38.5 Å². The van der Waals surface area contributed by atoms with Crippen LogP contribution in [0.25, 0.3) is 0 Å². The van der Waals surface area contributed by atoms with E-state index in [1.54, 1.807) is 0 Å². The number of hydrogen-bond donors (Lipinski definition) is 3. The van der Waals surface area contributed by atoms with Gasteiger partial charge in [0.15, 0.2) is 0 Å². The Kier molecular flexibility index (Phi) is 6.23. The molecule has 0 aromatic carbocycles. The summed E-state index contributed by atoms with van der Waals surface area (Å²) in [5, 5.41) is 12.8. The van der Waals surface area contributed by atoms with Crippen molar-refractivity contribution in [3.05, 3.63) is 11.4 Å². The topological polar surface area (TPSA) is 90.1 Å². The van der Waals surface area contributed by atoms with E-state index in [-0.39, 0.29) is 17.9 Å². The maximum absolute atomic E-state index is 12.3. The zero-order chi connectivity index (χ0) is 17.7. The second-order valence-electron chi connectivity index (χ2n) is 7.10. The van der Waals surface area contributed by atoms with Crippen LogP contribution in [0.5, 0.6) is 0 Å². The molecule has 24 heavy (non-hydrogen) atoms. The van der Waals surface area contributed by atoms with Crippen LogP contribution in [-0.2, 0) is 4.79 Å². The smallest absolute Gasteiger partial charge is 0.317 e. The molecule has 1 fully saturated rings. The van der Waals surface area contributed by atoms with Crippen LogP contribution in [0.1, 0.15) is 44.5 Å². The van der Waals surface area contributed by atoms with Crippen molar-refractivity contribution < 1.29 is 9.59 Å². The van der Waals surface area contributed by atoms with Gasteiger partial charge < -0.3 is 15.5 Å². The highest BCUT2D eigenvalue weighted by Crippen LogP contribution is 2.22. The van der Waals surface area contributed by atoms with E-state index in [1.807, 2.05) is 18.7 Å². The number of aromatic amines is 1. The summed E-state index contributed by atoms with van der Waals surface area (Å²) in [6.45, 7) is 9.98. The van der Waals surface area contributed by atoms with Gasteiger partial charge in [-0.15, -0.1) is 0 Å². The van der Waals surface area contributed by atoms with E-state index in [1.165, 1.54) is 0 Å². The van der Waals surface area contributed by atoms with Gasteiger partial charge >= 0.3 is 6.03 Å². The Hall–Kier alpha value is -2.05. The van der Waals surface area contributed by atoms with Gasteiger partial charge in [0.2, 0.25) is 5.91 Å². The molecule has 0 unspecified atom stereocenters. The summed E-state index contributed by atoms with van der Waals surface area (Å²) in [5.41, 5.74) is 2.42. The Labute approximate surface area is 143 Å². The molecule has 0 radical (unpaired) electrons. The van der Waals surface area contributed by atoms with Crippen LogP contribution in [0.3, 0.4) is 0 Å². The fourth-order valence-electron chi connectivity index (χ4n) is 3.01. The summed E-state index contributed by atoms with van der Waals surface area (Å²) in [7, 11) is 0. The summed E-state index contributed by atoms with van der Waals surface area (Å²) in [6.07, 6.45) is 2.35. The normalized spacial score (nSPS) is 17.9. The molecular weight excluding hydrogens is 306 g/mol. The maximum Gasteiger partial charge on any atom is 0.317 e. The van der Waals surface area contributed by atoms with Gasteiger partial charge in [-0.3, -0.25) is 9.89 Å². The Bertz CT molecular complexity index is 562. The predicted molar refractivity (Wildman–Crippen MR) is 93.8 cm³/mol. The molecule has 0 spiro atoms. The largest absolute Gasteiger partial charge is 0.338 e. The lowest BCUT2D eigenvalue weighted by atomic mass is 9.94. The lowest BCUT2D eigenvalue weighted by Crippen LogP contribution is -2.46. The van der Waals surface area contributed by atoms with Gasteiger partial charge in [-0.25, -0.2) is 4.79 Å². The zero-order valence-electron chi connectivity index (χ0n) is 15.1. The molecule has 3 N–H and O–H groups in total. The van der Waals surface area contributed by atoms with Crippen molar-refractivity contribution in [2.75, 3.05) is 25.0 Å². The molecule has 134 valence electrons. The fraction of sp³-hybridized carbons (Fsp3) is 0.706. The van der Waals surface area contributed by atoms with E-state index >= 15 is 0 Å². The summed E-state index contributed by atoms with van der Waals surface area (Å²) in [4.78, 5) is 26.3. The van der Waals surface area contributed by atoms with E-state index < -0.39 is 0 Å². The molecule has 0 bridgehead atoms. The third kappa shape index (κ3) is 4.97. The van der Waals surface area contributed by atoms with Gasteiger partial charge in [0.25, 0.3) is 0 Å². The number of aromatic nitrogens is 2. The van der Waals surface area contributed by atoms with Crippen LogP contribution in [0, 0.1) is 25.7 Å². The maximum atomic E-state index is 12.3. The van der Waals surface area contributed by atoms with Crippen molar-refractivity contribution in [1.82, 2.24) is 20.4 Å². The minimum atomic E-state index is -0.0182. The summed E-state index contributed by atoms with van der Waals surface area (Å²) < 4.78 is 0. The first kappa shape index (κ1) is 18.3. The molecule has 2 rings (SSSR count). The van der Waals surface area contributed by atoms with Crippen molar-refractivity contribution in [1.29, 1.82) is 0 Å². The number of hydrogen-bond acceptors (Lipinski definition) is 3. The molecule has 0 saturated carbocycles. The first-order valence-corrected chi connectivity index (χ1v) is 8.71. The minimum Gasteiger partial charge on any atom is -0.338 e. The summed E-state index contributed by atoms with van der Waals surface area (Å²) >= 11 is 0. The number of piperidine rings is 1. The molecule has 7 heteroatoms. The molecule has 0 aliphatic carbocycles. The number of nitrogens with one attached hydrogen (secondary N) is 3. The van der Waals surface area contributed by atoms with Crippen LogP contribution in [0.4, 0.5) is 10.5 Å². The van der Waals surface area contributed by atoms with Crippen LogP contribution in [0.15, 0.2) is 0 Å². The highest BCUT2D eigenvalue weighted by atomic mass is 16.2. The van der Waals surface area contributed by atoms with E-state index in [9.17, 15) is 9.59 Å². The third-order valence-corrected chi connectivity index (χ3v) is 4.33. The molecule has 1 aliphatic heterocycles. The minimum absolute atomic E-state index is 0.0166. The Morgan fingerprint density at radius 1 is 1.38 bits per heavy atom. The number of anilines is 1. The van der Waals surface area contributed by atoms with E-state index in [0.717, 1.165) is 36.5 Å². The quantitative estimate of drug-likeness (QED) is 0.772. The molecule has 1 saturated heterocycles. The lowest BCUT2D eigenvalue weighted by molar-refractivity contribution is -0.117. The van der Waals surface area contributed by atoms with E-state index in [0.29, 0.717) is 25.4 Å². The van der Waals surface area contributed by atoms with E-state index in [2.05, 4.69) is 34.7 Å². The molecule has 1 aliphatic rings. The lowest BCUT2D eigenvalue weighted by Gasteiger charge is -2.32. The highest BCUT2D eigenvalue weighted by Gasteiger charge is 2.25. The number of carbonyl (C=O) groups excluding carboxylic acids is 2. The standard InChI is InChI=1S/C17H29N5O2/c1-11(2)9-18-17(24)22-7-5-6-14(10-22)8-15(23)19-16-12(3)20-21-13(16)4/h11,14H,5-10H2,1-4H3,(H,18,24)(H,19,23)(H,20,21)/t14-/m1/s1. The second-order valence-corrected chi connectivity index (χ2v) is 7.10. The van der Waals surface area contributed by atoms with Gasteiger partial charge in [0.05, 0.1) is 17.1 Å². The Morgan fingerprint density at radius 2 is 2.12 bits per heavy atom.